The number of nitrogens with zero attached hydrogens (tertiary/aromatic N) is 3. The lowest BCUT2D eigenvalue weighted by molar-refractivity contribution is -0.385. The van der Waals surface area contributed by atoms with E-state index in [-0.39, 0.29) is 23.3 Å². The van der Waals surface area contributed by atoms with Gasteiger partial charge < -0.3 is 10.1 Å². The summed E-state index contributed by atoms with van der Waals surface area (Å²) >= 11 is 0. The summed E-state index contributed by atoms with van der Waals surface area (Å²) in [5.74, 6) is 0.724. The maximum Gasteiger partial charge on any atom is 0.372 e. The number of hydrogen-bond acceptors (Lipinski definition) is 6. The lowest BCUT2D eigenvalue weighted by atomic mass is 10.2. The second-order valence-electron chi connectivity index (χ2n) is 3.45. The number of nitrogens with one attached hydrogen (secondary N) is 1. The average molecular weight is 226 g/mol. The van der Waals surface area contributed by atoms with Crippen LogP contribution in [-0.2, 0) is 0 Å². The first-order chi connectivity index (χ1) is 7.51. The molecular weight excluding hydrogens is 212 g/mol. The Labute approximate surface area is 93.0 Å². The third-order valence-corrected chi connectivity index (χ3v) is 2.00. The zero-order valence-electron chi connectivity index (χ0n) is 9.64. The van der Waals surface area contributed by atoms with Gasteiger partial charge in [-0.15, -0.1) is 0 Å². The minimum absolute atomic E-state index is 0.0203. The van der Waals surface area contributed by atoms with Crippen LogP contribution in [0.2, 0.25) is 0 Å². The molecule has 1 heterocycles. The third kappa shape index (κ3) is 2.18. The quantitative estimate of drug-likeness (QED) is 0.618. The van der Waals surface area contributed by atoms with Crippen molar-refractivity contribution in [3.05, 3.63) is 15.9 Å². The normalized spacial score (nSPS) is 10.3. The molecule has 1 N–H and O–H groups in total. The zero-order chi connectivity index (χ0) is 12.3. The molecule has 0 unspecified atom stereocenters. The number of ether oxygens (including phenoxy) is 1. The first kappa shape index (κ1) is 12.2. The van der Waals surface area contributed by atoms with Gasteiger partial charge in [-0.05, 0) is 0 Å². The van der Waals surface area contributed by atoms with Crippen LogP contribution in [0.3, 0.4) is 0 Å². The van der Waals surface area contributed by atoms with Crippen molar-refractivity contribution in [2.45, 2.75) is 19.8 Å². The average Bonchev–Trinajstić information content (AvgIpc) is 2.26. The van der Waals surface area contributed by atoms with Crippen LogP contribution in [0.4, 0.5) is 11.5 Å². The molecule has 1 rings (SSSR count). The van der Waals surface area contributed by atoms with Gasteiger partial charge in [0.05, 0.1) is 12.0 Å². The number of rotatable bonds is 4. The standard InChI is InChI=1S/C9H14N4O3/c1-5(2)7-11-8(10-3)6(13(14)15)9(12-7)16-4/h5H,1-4H3,(H,10,11,12). The Hall–Kier alpha value is -1.92. The van der Waals surface area contributed by atoms with E-state index < -0.39 is 4.92 Å². The molecule has 0 spiro atoms. The summed E-state index contributed by atoms with van der Waals surface area (Å²) in [6, 6.07) is 0. The molecule has 0 fully saturated rings. The lowest BCUT2D eigenvalue weighted by Crippen LogP contribution is -2.08. The Bertz CT molecular complexity index is 381. The first-order valence-corrected chi connectivity index (χ1v) is 4.79. The van der Waals surface area contributed by atoms with Crippen LogP contribution < -0.4 is 10.1 Å². The molecule has 1 aromatic heterocycles. The van der Waals surface area contributed by atoms with E-state index in [1.807, 2.05) is 13.8 Å². The summed E-state index contributed by atoms with van der Waals surface area (Å²) in [4.78, 5) is 18.4. The van der Waals surface area contributed by atoms with Crippen molar-refractivity contribution >= 4 is 11.5 Å². The highest BCUT2D eigenvalue weighted by atomic mass is 16.6. The van der Waals surface area contributed by atoms with E-state index in [4.69, 9.17) is 4.74 Å². The minimum atomic E-state index is -0.561. The summed E-state index contributed by atoms with van der Waals surface area (Å²) in [5, 5.41) is 13.5. The number of nitro groups is 1. The van der Waals surface area contributed by atoms with Crippen LogP contribution in [0.15, 0.2) is 0 Å². The van der Waals surface area contributed by atoms with E-state index in [1.54, 1.807) is 7.05 Å². The SMILES string of the molecule is CNc1nc(C(C)C)nc(OC)c1[N+](=O)[O-]. The molecule has 0 saturated heterocycles. The minimum Gasteiger partial charge on any atom is -0.476 e. The van der Waals surface area contributed by atoms with Gasteiger partial charge in [-0.3, -0.25) is 10.1 Å². The molecule has 88 valence electrons. The van der Waals surface area contributed by atoms with Crippen LogP contribution in [-0.4, -0.2) is 29.0 Å². The van der Waals surface area contributed by atoms with Gasteiger partial charge in [0.15, 0.2) is 0 Å². The van der Waals surface area contributed by atoms with Gasteiger partial charge in [0, 0.05) is 13.0 Å². The van der Waals surface area contributed by atoms with Crippen molar-refractivity contribution in [2.24, 2.45) is 0 Å². The molecule has 0 atom stereocenters. The molecule has 0 radical (unpaired) electrons. The van der Waals surface area contributed by atoms with Crippen molar-refractivity contribution in [2.75, 3.05) is 19.5 Å². The molecule has 0 saturated carbocycles. The van der Waals surface area contributed by atoms with Crippen molar-refractivity contribution < 1.29 is 9.66 Å². The van der Waals surface area contributed by atoms with E-state index in [1.165, 1.54) is 7.11 Å². The monoisotopic (exact) mass is 226 g/mol. The zero-order valence-corrected chi connectivity index (χ0v) is 9.64. The van der Waals surface area contributed by atoms with Crippen LogP contribution in [0.5, 0.6) is 5.88 Å². The van der Waals surface area contributed by atoms with E-state index in [2.05, 4.69) is 15.3 Å². The van der Waals surface area contributed by atoms with Crippen LogP contribution >= 0.6 is 0 Å². The summed E-state index contributed by atoms with van der Waals surface area (Å²) in [7, 11) is 2.91. The Morgan fingerprint density at radius 2 is 2.06 bits per heavy atom. The summed E-state index contributed by atoms with van der Waals surface area (Å²) in [6.07, 6.45) is 0. The molecule has 16 heavy (non-hydrogen) atoms. The number of aromatic nitrogens is 2. The largest absolute Gasteiger partial charge is 0.476 e. The molecule has 0 aliphatic heterocycles. The Balaban J connectivity index is 3.43. The second kappa shape index (κ2) is 4.73. The fraction of sp³-hybridized carbons (Fsp3) is 0.556. The van der Waals surface area contributed by atoms with E-state index in [0.29, 0.717) is 5.82 Å². The van der Waals surface area contributed by atoms with Crippen molar-refractivity contribution in [3.8, 4) is 5.88 Å². The second-order valence-corrected chi connectivity index (χ2v) is 3.45. The lowest BCUT2D eigenvalue weighted by Gasteiger charge is -2.09. The molecule has 0 aliphatic carbocycles. The molecule has 0 amide bonds. The van der Waals surface area contributed by atoms with Crippen LogP contribution in [0, 0.1) is 10.1 Å². The highest BCUT2D eigenvalue weighted by Crippen LogP contribution is 2.32. The number of anilines is 1. The van der Waals surface area contributed by atoms with Crippen LogP contribution in [0.1, 0.15) is 25.6 Å². The predicted octanol–water partition coefficient (Wildman–Crippen LogP) is 1.56. The topological polar surface area (TPSA) is 90.2 Å². The Morgan fingerprint density at radius 1 is 1.44 bits per heavy atom. The highest BCUT2D eigenvalue weighted by molar-refractivity contribution is 5.61. The Kier molecular flexibility index (Phi) is 3.60. The van der Waals surface area contributed by atoms with E-state index >= 15 is 0 Å². The van der Waals surface area contributed by atoms with Gasteiger partial charge in [-0.25, -0.2) is 4.98 Å². The maximum absolute atomic E-state index is 10.8. The number of methoxy groups -OCH3 is 1. The van der Waals surface area contributed by atoms with Crippen LogP contribution in [0.25, 0.3) is 0 Å². The summed E-state index contributed by atoms with van der Waals surface area (Å²) < 4.78 is 4.91. The van der Waals surface area contributed by atoms with Gasteiger partial charge >= 0.3 is 5.69 Å². The molecule has 0 aliphatic rings. The molecule has 7 nitrogen and oxygen atoms in total. The molecule has 1 aromatic rings. The highest BCUT2D eigenvalue weighted by Gasteiger charge is 2.25. The first-order valence-electron chi connectivity index (χ1n) is 4.79. The van der Waals surface area contributed by atoms with Gasteiger partial charge in [0.2, 0.25) is 5.82 Å². The van der Waals surface area contributed by atoms with Gasteiger partial charge in [0.1, 0.15) is 5.82 Å². The molecule has 0 aromatic carbocycles. The third-order valence-electron chi connectivity index (χ3n) is 2.00. The van der Waals surface area contributed by atoms with Gasteiger partial charge in [-0.1, -0.05) is 13.8 Å². The van der Waals surface area contributed by atoms with E-state index in [0.717, 1.165) is 0 Å². The predicted molar refractivity (Wildman–Crippen MR) is 58.9 cm³/mol. The molecular formula is C9H14N4O3. The molecule has 7 heteroatoms. The van der Waals surface area contributed by atoms with Crippen molar-refractivity contribution in [1.29, 1.82) is 0 Å². The summed E-state index contributed by atoms with van der Waals surface area (Å²) in [6.45, 7) is 3.81. The summed E-state index contributed by atoms with van der Waals surface area (Å²) in [5.41, 5.74) is -0.241. The Morgan fingerprint density at radius 3 is 2.44 bits per heavy atom. The maximum atomic E-state index is 10.8. The van der Waals surface area contributed by atoms with Gasteiger partial charge in [-0.2, -0.15) is 4.98 Å². The van der Waals surface area contributed by atoms with Crippen molar-refractivity contribution in [1.82, 2.24) is 9.97 Å². The van der Waals surface area contributed by atoms with Gasteiger partial charge in [0.25, 0.3) is 5.88 Å². The fourth-order valence-corrected chi connectivity index (χ4v) is 1.19. The number of hydrogen-bond donors (Lipinski definition) is 1. The molecule has 0 bridgehead atoms. The smallest absolute Gasteiger partial charge is 0.372 e. The van der Waals surface area contributed by atoms with E-state index in [9.17, 15) is 10.1 Å². The fourth-order valence-electron chi connectivity index (χ4n) is 1.19. The van der Waals surface area contributed by atoms with Crippen molar-refractivity contribution in [3.63, 3.8) is 0 Å².